The molecule has 1 nitrogen and oxygen atoms in total. The van der Waals surface area contributed by atoms with E-state index < -0.39 is 17.8 Å². The highest BCUT2D eigenvalue weighted by Gasteiger charge is 2.30. The second-order valence-corrected chi connectivity index (χ2v) is 7.39. The van der Waals surface area contributed by atoms with Gasteiger partial charge in [-0.1, -0.05) is 75.1 Å². The molecule has 0 saturated carbocycles. The van der Waals surface area contributed by atoms with E-state index in [1.165, 1.54) is 44.2 Å². The van der Waals surface area contributed by atoms with Gasteiger partial charge in [-0.25, -0.2) is 5.73 Å². The normalized spacial score (nSPS) is 12.3. The van der Waals surface area contributed by atoms with Gasteiger partial charge in [0.05, 0.1) is 11.6 Å². The second kappa shape index (κ2) is 11.7. The molecule has 0 spiro atoms. The maximum atomic E-state index is 12.6. The van der Waals surface area contributed by atoms with Gasteiger partial charge in [0.25, 0.3) is 0 Å². The Morgan fingerprint density at radius 2 is 1.48 bits per heavy atom. The highest BCUT2D eigenvalue weighted by atomic mass is 19.4. The summed E-state index contributed by atoms with van der Waals surface area (Å²) in [5.74, 6) is 6.39. The van der Waals surface area contributed by atoms with E-state index in [2.05, 4.69) is 18.8 Å². The fourth-order valence-electron chi connectivity index (χ4n) is 3.14. The molecular weight excluding hydrogens is 371 g/mol. The average molecular weight is 401 g/mol. The van der Waals surface area contributed by atoms with Crippen LogP contribution in [0.1, 0.15) is 80.2 Å². The minimum absolute atomic E-state index is 0.455. The molecule has 0 aromatic heterocycles. The molecule has 0 heterocycles. The predicted molar refractivity (Wildman–Crippen MR) is 112 cm³/mol. The van der Waals surface area contributed by atoms with E-state index >= 15 is 0 Å². The second-order valence-electron chi connectivity index (χ2n) is 7.39. The first-order valence-corrected chi connectivity index (χ1v) is 10.4. The Hall–Kier alpha value is -2.25. The SMILES string of the molecule is CCCCCCCCC#Cc1ccc(CC([NH])c2ccc(C(F)(F)F)cc2)cc1. The van der Waals surface area contributed by atoms with Crippen molar-refractivity contribution < 1.29 is 13.2 Å². The largest absolute Gasteiger partial charge is 0.416 e. The summed E-state index contributed by atoms with van der Waals surface area (Å²) in [7, 11) is 0. The molecule has 155 valence electrons. The Labute approximate surface area is 172 Å². The van der Waals surface area contributed by atoms with Crippen LogP contribution in [0.5, 0.6) is 0 Å². The lowest BCUT2D eigenvalue weighted by atomic mass is 9.98. The van der Waals surface area contributed by atoms with Crippen LogP contribution < -0.4 is 5.73 Å². The van der Waals surface area contributed by atoms with Crippen LogP contribution in [0.2, 0.25) is 0 Å². The summed E-state index contributed by atoms with van der Waals surface area (Å²) in [5, 5.41) is 0. The molecule has 1 N–H and O–H groups in total. The third-order valence-corrected chi connectivity index (χ3v) is 4.92. The topological polar surface area (TPSA) is 23.8 Å². The number of unbranched alkanes of at least 4 members (excludes halogenated alkanes) is 6. The standard InChI is InChI=1S/C25H29F3N/c1-2-3-4-5-6-7-8-9-10-20-11-13-21(14-12-20)19-24(29)22-15-17-23(18-16-22)25(26,27)28/h11-18,24,29H,2-8,19H2,1H3. The van der Waals surface area contributed by atoms with Crippen molar-refractivity contribution >= 4 is 0 Å². The van der Waals surface area contributed by atoms with Crippen molar-refractivity contribution in [2.75, 3.05) is 0 Å². The van der Waals surface area contributed by atoms with Crippen LogP contribution in [0.25, 0.3) is 0 Å². The van der Waals surface area contributed by atoms with Gasteiger partial charge in [-0.2, -0.15) is 13.2 Å². The molecule has 0 aliphatic heterocycles. The van der Waals surface area contributed by atoms with Gasteiger partial charge < -0.3 is 0 Å². The smallest absolute Gasteiger partial charge is 0.249 e. The molecule has 2 aromatic rings. The highest BCUT2D eigenvalue weighted by Crippen LogP contribution is 2.30. The van der Waals surface area contributed by atoms with E-state index in [9.17, 15) is 13.2 Å². The van der Waals surface area contributed by atoms with Crippen LogP contribution in [-0.2, 0) is 12.6 Å². The molecule has 0 bridgehead atoms. The third kappa shape index (κ3) is 8.33. The number of alkyl halides is 3. The lowest BCUT2D eigenvalue weighted by Crippen LogP contribution is -2.07. The summed E-state index contributed by atoms with van der Waals surface area (Å²) in [6, 6.07) is 12.1. The van der Waals surface area contributed by atoms with Gasteiger partial charge in [-0.3, -0.25) is 0 Å². The molecule has 1 radical (unpaired) electrons. The van der Waals surface area contributed by atoms with Crippen molar-refractivity contribution in [3.63, 3.8) is 0 Å². The first-order chi connectivity index (χ1) is 13.9. The summed E-state index contributed by atoms with van der Waals surface area (Å²) in [4.78, 5) is 0. The van der Waals surface area contributed by atoms with E-state index in [-0.39, 0.29) is 0 Å². The monoisotopic (exact) mass is 400 g/mol. The van der Waals surface area contributed by atoms with Crippen LogP contribution >= 0.6 is 0 Å². The Morgan fingerprint density at radius 3 is 2.10 bits per heavy atom. The Bertz CT molecular complexity index is 780. The molecule has 2 aromatic carbocycles. The van der Waals surface area contributed by atoms with Crippen LogP contribution in [0, 0.1) is 11.8 Å². The van der Waals surface area contributed by atoms with Crippen molar-refractivity contribution in [3.8, 4) is 11.8 Å². The van der Waals surface area contributed by atoms with Gasteiger partial charge in [-0.15, -0.1) is 0 Å². The molecular formula is C25H29F3N. The van der Waals surface area contributed by atoms with Gasteiger partial charge in [0.15, 0.2) is 0 Å². The maximum absolute atomic E-state index is 12.6. The maximum Gasteiger partial charge on any atom is 0.416 e. The Morgan fingerprint density at radius 1 is 0.862 bits per heavy atom. The first-order valence-electron chi connectivity index (χ1n) is 10.4. The van der Waals surface area contributed by atoms with E-state index in [1.807, 2.05) is 24.3 Å². The number of rotatable bonds is 9. The highest BCUT2D eigenvalue weighted by molar-refractivity contribution is 5.37. The zero-order valence-electron chi connectivity index (χ0n) is 17.0. The van der Waals surface area contributed by atoms with Crippen molar-refractivity contribution in [3.05, 3.63) is 70.8 Å². The number of hydrogen-bond acceptors (Lipinski definition) is 0. The molecule has 0 aliphatic carbocycles. The van der Waals surface area contributed by atoms with Crippen LogP contribution in [0.15, 0.2) is 48.5 Å². The Kier molecular flexibility index (Phi) is 9.28. The average Bonchev–Trinajstić information content (AvgIpc) is 2.70. The lowest BCUT2D eigenvalue weighted by Gasteiger charge is -2.13. The van der Waals surface area contributed by atoms with E-state index in [1.54, 1.807) is 0 Å². The van der Waals surface area contributed by atoms with Crippen molar-refractivity contribution in [2.45, 2.75) is 70.5 Å². The fourth-order valence-corrected chi connectivity index (χ4v) is 3.14. The zero-order chi connectivity index (χ0) is 21.1. The molecule has 0 saturated heterocycles. The summed E-state index contributed by atoms with van der Waals surface area (Å²) >= 11 is 0. The summed E-state index contributed by atoms with van der Waals surface area (Å²) in [6.45, 7) is 2.22. The van der Waals surface area contributed by atoms with Crippen molar-refractivity contribution in [2.24, 2.45) is 0 Å². The van der Waals surface area contributed by atoms with Crippen LogP contribution in [0.3, 0.4) is 0 Å². The molecule has 29 heavy (non-hydrogen) atoms. The summed E-state index contributed by atoms with van der Waals surface area (Å²) in [6.07, 6.45) is 4.59. The molecule has 2 rings (SSSR count). The Balaban J connectivity index is 1.80. The molecule has 0 amide bonds. The first kappa shape index (κ1) is 23.0. The quantitative estimate of drug-likeness (QED) is 0.310. The molecule has 0 aliphatic rings. The van der Waals surface area contributed by atoms with E-state index in [4.69, 9.17) is 5.73 Å². The number of hydrogen-bond donors (Lipinski definition) is 0. The van der Waals surface area contributed by atoms with Crippen molar-refractivity contribution in [1.29, 1.82) is 0 Å². The van der Waals surface area contributed by atoms with Crippen molar-refractivity contribution in [1.82, 2.24) is 5.73 Å². The predicted octanol–water partition coefficient (Wildman–Crippen LogP) is 7.37. The number of nitrogens with one attached hydrogen (secondary N) is 1. The minimum atomic E-state index is -4.35. The zero-order valence-corrected chi connectivity index (χ0v) is 17.0. The number of benzene rings is 2. The van der Waals surface area contributed by atoms with Crippen LogP contribution in [0.4, 0.5) is 13.2 Å². The molecule has 0 fully saturated rings. The van der Waals surface area contributed by atoms with E-state index in [0.29, 0.717) is 12.0 Å². The summed E-state index contributed by atoms with van der Waals surface area (Å²) < 4.78 is 37.9. The molecule has 4 heteroatoms. The van der Waals surface area contributed by atoms with Gasteiger partial charge in [0, 0.05) is 12.0 Å². The van der Waals surface area contributed by atoms with E-state index in [0.717, 1.165) is 36.1 Å². The van der Waals surface area contributed by atoms with Gasteiger partial charge in [-0.05, 0) is 48.2 Å². The third-order valence-electron chi connectivity index (χ3n) is 4.92. The molecule has 1 unspecified atom stereocenters. The van der Waals surface area contributed by atoms with Gasteiger partial charge >= 0.3 is 6.18 Å². The minimum Gasteiger partial charge on any atom is -0.249 e. The lowest BCUT2D eigenvalue weighted by molar-refractivity contribution is -0.137. The van der Waals surface area contributed by atoms with Crippen LogP contribution in [-0.4, -0.2) is 0 Å². The fraction of sp³-hybridized carbons (Fsp3) is 0.440. The summed E-state index contributed by atoms with van der Waals surface area (Å²) in [5.41, 5.74) is 10.1. The van der Waals surface area contributed by atoms with Gasteiger partial charge in [0.2, 0.25) is 0 Å². The number of halogens is 3. The molecule has 1 atom stereocenters. The van der Waals surface area contributed by atoms with Gasteiger partial charge in [0.1, 0.15) is 0 Å².